The highest BCUT2D eigenvalue weighted by atomic mass is 16.4. The largest absolute Gasteiger partial charge is 0.550 e. The Labute approximate surface area is 170 Å². The molecule has 4 heteroatoms. The number of fused-ring (bicyclic) bond motifs is 5. The first-order valence-electron chi connectivity index (χ1n) is 11.7. The molecule has 4 rings (SSSR count). The molecule has 0 aromatic rings. The Morgan fingerprint density at radius 2 is 1.82 bits per heavy atom. The third-order valence-electron chi connectivity index (χ3n) is 10.3. The molecule has 0 aliphatic heterocycles. The minimum atomic E-state index is -0.957. The average molecular weight is 392 g/mol. The Morgan fingerprint density at radius 3 is 2.54 bits per heavy atom. The highest BCUT2D eigenvalue weighted by Gasteiger charge is 2.63. The van der Waals surface area contributed by atoms with E-state index in [2.05, 4.69) is 20.8 Å². The summed E-state index contributed by atoms with van der Waals surface area (Å²) in [7, 11) is 0. The quantitative estimate of drug-likeness (QED) is 0.771. The average Bonchev–Trinajstić information content (AvgIpc) is 3.00. The molecule has 4 aliphatic rings. The zero-order chi connectivity index (χ0) is 20.3. The summed E-state index contributed by atoms with van der Waals surface area (Å²) in [5, 5.41) is 32.6. The Kier molecular flexibility index (Phi) is 5.36. The van der Waals surface area contributed by atoms with Crippen LogP contribution in [0.2, 0.25) is 0 Å². The summed E-state index contributed by atoms with van der Waals surface area (Å²) in [4.78, 5) is 10.9. The van der Waals surface area contributed by atoms with Crippen LogP contribution in [0.4, 0.5) is 0 Å². The van der Waals surface area contributed by atoms with Crippen molar-refractivity contribution in [3.63, 3.8) is 0 Å². The highest BCUT2D eigenvalue weighted by molar-refractivity contribution is 5.64. The summed E-state index contributed by atoms with van der Waals surface area (Å²) in [5.74, 6) is 2.19. The van der Waals surface area contributed by atoms with E-state index in [1.807, 2.05) is 0 Å². The van der Waals surface area contributed by atoms with E-state index in [9.17, 15) is 20.1 Å². The molecule has 0 spiro atoms. The van der Waals surface area contributed by atoms with E-state index >= 15 is 0 Å². The van der Waals surface area contributed by atoms with Crippen LogP contribution >= 0.6 is 0 Å². The summed E-state index contributed by atoms with van der Waals surface area (Å²) in [6, 6.07) is 0. The molecule has 0 aromatic carbocycles. The molecule has 0 radical (unpaired) electrons. The van der Waals surface area contributed by atoms with Crippen molar-refractivity contribution in [1.29, 1.82) is 0 Å². The lowest BCUT2D eigenvalue weighted by atomic mass is 9.43. The molecule has 4 fully saturated rings. The van der Waals surface area contributed by atoms with Crippen molar-refractivity contribution in [3.8, 4) is 0 Å². The molecule has 4 aliphatic carbocycles. The molecule has 0 unspecified atom stereocenters. The minimum absolute atomic E-state index is 0.0795. The number of carbonyl (C=O) groups is 1. The molecule has 0 aromatic heterocycles. The predicted octanol–water partition coefficient (Wildman–Crippen LogP) is 3.14. The first-order valence-corrected chi connectivity index (χ1v) is 11.7. The maximum absolute atomic E-state index is 11.5. The highest BCUT2D eigenvalue weighted by Crippen LogP contribution is 2.68. The lowest BCUT2D eigenvalue weighted by molar-refractivity contribution is -0.306. The van der Waals surface area contributed by atoms with Crippen LogP contribution in [-0.2, 0) is 4.79 Å². The van der Waals surface area contributed by atoms with Gasteiger partial charge in [-0.3, -0.25) is 0 Å². The van der Waals surface area contributed by atoms with Crippen molar-refractivity contribution in [2.24, 2.45) is 46.3 Å². The third-order valence-corrected chi connectivity index (χ3v) is 10.3. The van der Waals surface area contributed by atoms with Gasteiger partial charge >= 0.3 is 0 Å². The zero-order valence-corrected chi connectivity index (χ0v) is 17.9. The molecule has 28 heavy (non-hydrogen) atoms. The third kappa shape index (κ3) is 3.05. The van der Waals surface area contributed by atoms with E-state index in [0.29, 0.717) is 41.9 Å². The van der Waals surface area contributed by atoms with E-state index in [-0.39, 0.29) is 29.5 Å². The van der Waals surface area contributed by atoms with Crippen molar-refractivity contribution in [2.45, 2.75) is 97.2 Å². The monoisotopic (exact) mass is 391 g/mol. The van der Waals surface area contributed by atoms with Crippen LogP contribution in [0, 0.1) is 46.3 Å². The standard InChI is InChI=1S/C24H40O4/c1-14(4-9-22(27)28)18-7-8-19-17-6-5-15-12-16(25)10-11-23(15,2)20(17)13-21(26)24(18,19)3/h14-21,25-26H,4-13H2,1-3H3,(H,27,28)/p-1/t14-,15+,16-,17+,18-,19+,20+,21+,23+,24-/m1/s1. The van der Waals surface area contributed by atoms with Gasteiger partial charge in [0.2, 0.25) is 0 Å². The van der Waals surface area contributed by atoms with Crippen LogP contribution in [0.1, 0.15) is 85.0 Å². The van der Waals surface area contributed by atoms with Gasteiger partial charge in [-0.25, -0.2) is 0 Å². The molecular formula is C24H39O4-. The van der Waals surface area contributed by atoms with E-state index in [0.717, 1.165) is 32.1 Å². The van der Waals surface area contributed by atoms with Gasteiger partial charge in [0.15, 0.2) is 0 Å². The van der Waals surface area contributed by atoms with Gasteiger partial charge in [0, 0.05) is 5.97 Å². The lowest BCUT2D eigenvalue weighted by Gasteiger charge is -2.62. The van der Waals surface area contributed by atoms with Gasteiger partial charge in [-0.15, -0.1) is 0 Å². The summed E-state index contributed by atoms with van der Waals surface area (Å²) < 4.78 is 0. The SMILES string of the molecule is C[C@H](CCC(=O)[O-])[C@H]1CC[C@H]2[C@@H]3CC[C@H]4C[C@H](O)CC[C@]4(C)[C@H]3C[C@H](O)[C@]12C. The molecule has 0 bridgehead atoms. The van der Waals surface area contributed by atoms with Gasteiger partial charge in [0.25, 0.3) is 0 Å². The lowest BCUT2D eigenvalue weighted by Crippen LogP contribution is -2.58. The van der Waals surface area contributed by atoms with Crippen molar-refractivity contribution in [1.82, 2.24) is 0 Å². The Bertz CT molecular complexity index is 605. The number of carboxylic acid groups (broad SMARTS) is 1. The summed E-state index contributed by atoms with van der Waals surface area (Å²) in [6.45, 7) is 6.94. The smallest absolute Gasteiger partial charge is 0.0602 e. The van der Waals surface area contributed by atoms with Crippen LogP contribution in [-0.4, -0.2) is 28.4 Å². The van der Waals surface area contributed by atoms with Crippen molar-refractivity contribution >= 4 is 5.97 Å². The van der Waals surface area contributed by atoms with Crippen LogP contribution in [0.25, 0.3) is 0 Å². The fourth-order valence-corrected chi connectivity index (χ4v) is 8.71. The van der Waals surface area contributed by atoms with Gasteiger partial charge in [0.1, 0.15) is 0 Å². The number of aliphatic carboxylic acids is 1. The first-order chi connectivity index (χ1) is 13.2. The number of aliphatic hydroxyl groups excluding tert-OH is 2. The molecule has 2 N–H and O–H groups in total. The molecule has 4 saturated carbocycles. The van der Waals surface area contributed by atoms with Gasteiger partial charge in [-0.2, -0.15) is 0 Å². The van der Waals surface area contributed by atoms with Crippen molar-refractivity contribution in [3.05, 3.63) is 0 Å². The van der Waals surface area contributed by atoms with Gasteiger partial charge < -0.3 is 20.1 Å². The number of rotatable bonds is 4. The molecule has 4 nitrogen and oxygen atoms in total. The summed E-state index contributed by atoms with van der Waals surface area (Å²) >= 11 is 0. The number of hydrogen-bond acceptors (Lipinski definition) is 4. The molecule has 0 heterocycles. The van der Waals surface area contributed by atoms with Crippen molar-refractivity contribution in [2.75, 3.05) is 0 Å². The molecule has 0 saturated heterocycles. The zero-order valence-electron chi connectivity index (χ0n) is 17.9. The second-order valence-corrected chi connectivity index (χ2v) is 11.3. The van der Waals surface area contributed by atoms with E-state index in [1.165, 1.54) is 19.3 Å². The second-order valence-electron chi connectivity index (χ2n) is 11.3. The van der Waals surface area contributed by atoms with Crippen molar-refractivity contribution < 1.29 is 20.1 Å². The number of carbonyl (C=O) groups excluding carboxylic acids is 1. The Hall–Kier alpha value is -0.610. The number of aliphatic hydroxyl groups is 2. The predicted molar refractivity (Wildman–Crippen MR) is 106 cm³/mol. The Balaban J connectivity index is 1.56. The number of carboxylic acids is 1. The maximum Gasteiger partial charge on any atom is 0.0602 e. The van der Waals surface area contributed by atoms with Gasteiger partial charge in [-0.1, -0.05) is 20.8 Å². The van der Waals surface area contributed by atoms with Crippen LogP contribution < -0.4 is 5.11 Å². The van der Waals surface area contributed by atoms with Crippen LogP contribution in [0.5, 0.6) is 0 Å². The minimum Gasteiger partial charge on any atom is -0.550 e. The topological polar surface area (TPSA) is 80.6 Å². The maximum atomic E-state index is 11.5. The molecular weight excluding hydrogens is 352 g/mol. The van der Waals surface area contributed by atoms with Crippen LogP contribution in [0.3, 0.4) is 0 Å². The second kappa shape index (κ2) is 7.27. The molecule has 10 atom stereocenters. The van der Waals surface area contributed by atoms with Gasteiger partial charge in [0.05, 0.1) is 12.2 Å². The van der Waals surface area contributed by atoms with Crippen LogP contribution in [0.15, 0.2) is 0 Å². The fraction of sp³-hybridized carbons (Fsp3) is 0.958. The summed E-state index contributed by atoms with van der Waals surface area (Å²) in [6.07, 6.45) is 8.98. The first kappa shape index (κ1) is 20.7. The molecule has 0 amide bonds. The van der Waals surface area contributed by atoms with E-state index in [4.69, 9.17) is 0 Å². The molecule has 160 valence electrons. The summed E-state index contributed by atoms with van der Waals surface area (Å²) in [5.41, 5.74) is 0.188. The van der Waals surface area contributed by atoms with E-state index in [1.54, 1.807) is 0 Å². The van der Waals surface area contributed by atoms with Gasteiger partial charge in [-0.05, 0) is 111 Å². The fourth-order valence-electron chi connectivity index (χ4n) is 8.71. The van der Waals surface area contributed by atoms with E-state index < -0.39 is 5.97 Å². The number of hydrogen-bond donors (Lipinski definition) is 2. The Morgan fingerprint density at radius 1 is 1.07 bits per heavy atom. The normalized spacial score (nSPS) is 51.7.